The number of nitrogens with one attached hydrogen (secondary N) is 2. The normalized spacial score (nSPS) is 11.5. The van der Waals surface area contributed by atoms with Crippen LogP contribution in [0.4, 0.5) is 15.9 Å². The fraction of sp³-hybridized carbons (Fsp3) is 0.258. The molecule has 0 spiro atoms. The number of nitrogens with zero attached hydrogens (tertiary/aromatic N) is 3. The zero-order valence-corrected chi connectivity index (χ0v) is 26.5. The number of ether oxygens (including phenoxy) is 2. The first-order chi connectivity index (χ1) is 21.2. The molecule has 0 aliphatic carbocycles. The summed E-state index contributed by atoms with van der Waals surface area (Å²) in [5.41, 5.74) is 3.69. The highest BCUT2D eigenvalue weighted by Crippen LogP contribution is 2.37. The highest BCUT2D eigenvalue weighted by Gasteiger charge is 2.16. The second-order valence-electron chi connectivity index (χ2n) is 10.1. The lowest BCUT2D eigenvalue weighted by Crippen LogP contribution is -2.23. The maximum atomic E-state index is 13.5. The summed E-state index contributed by atoms with van der Waals surface area (Å²) in [5, 5.41) is 10.6. The molecule has 9 nitrogen and oxygen atoms in total. The minimum atomic E-state index is -2.97. The maximum Gasteiger partial charge on any atom is 0.148 e. The molecule has 0 aliphatic rings. The number of benzene rings is 3. The summed E-state index contributed by atoms with van der Waals surface area (Å²) in [5.74, 6) is 1.51. The minimum absolute atomic E-state index is 0.126. The Balaban J connectivity index is 1.29. The summed E-state index contributed by atoms with van der Waals surface area (Å²) < 4.78 is 47.5. The summed E-state index contributed by atoms with van der Waals surface area (Å²) in [7, 11) is -1.36. The fourth-order valence-electron chi connectivity index (χ4n) is 4.47. The van der Waals surface area contributed by atoms with E-state index in [-0.39, 0.29) is 18.2 Å². The quantitative estimate of drug-likeness (QED) is 0.130. The van der Waals surface area contributed by atoms with Gasteiger partial charge in [-0.05, 0) is 54.9 Å². The molecule has 0 radical (unpaired) electrons. The summed E-state index contributed by atoms with van der Waals surface area (Å²) in [6.45, 7) is 1.33. The molecule has 0 atom stereocenters. The summed E-state index contributed by atoms with van der Waals surface area (Å²) in [6, 6.07) is 15.4. The van der Waals surface area contributed by atoms with E-state index < -0.39 is 9.84 Å². The van der Waals surface area contributed by atoms with Crippen molar-refractivity contribution in [1.29, 1.82) is 0 Å². The van der Waals surface area contributed by atoms with Gasteiger partial charge in [0.1, 0.15) is 45.9 Å². The molecule has 0 fully saturated rings. The van der Waals surface area contributed by atoms with Crippen LogP contribution in [0.25, 0.3) is 22.2 Å². The minimum Gasteiger partial charge on any atom is -0.496 e. The molecule has 2 heterocycles. The number of fused-ring (bicyclic) bond motifs is 1. The number of methoxy groups -OCH3 is 1. The van der Waals surface area contributed by atoms with Crippen molar-refractivity contribution < 1.29 is 22.3 Å². The van der Waals surface area contributed by atoms with Gasteiger partial charge in [0.05, 0.1) is 34.1 Å². The van der Waals surface area contributed by atoms with Crippen LogP contribution in [0.3, 0.4) is 0 Å². The van der Waals surface area contributed by atoms with Crippen LogP contribution in [0, 0.1) is 5.82 Å². The van der Waals surface area contributed by atoms with E-state index in [1.54, 1.807) is 42.7 Å². The van der Waals surface area contributed by atoms with Gasteiger partial charge in [-0.15, -0.1) is 11.3 Å². The number of rotatable bonds is 14. The molecule has 5 rings (SSSR count). The van der Waals surface area contributed by atoms with Gasteiger partial charge in [0.2, 0.25) is 0 Å². The Morgan fingerprint density at radius 3 is 2.68 bits per heavy atom. The molecule has 3 aromatic carbocycles. The van der Waals surface area contributed by atoms with Gasteiger partial charge in [-0.1, -0.05) is 23.7 Å². The first-order valence-corrected chi connectivity index (χ1v) is 17.1. The Kier molecular flexibility index (Phi) is 10.3. The zero-order chi connectivity index (χ0) is 31.1. The summed E-state index contributed by atoms with van der Waals surface area (Å²) >= 11 is 8.08. The van der Waals surface area contributed by atoms with Gasteiger partial charge in [-0.2, -0.15) is 0 Å². The molecule has 0 amide bonds. The van der Waals surface area contributed by atoms with E-state index in [0.29, 0.717) is 52.2 Å². The van der Waals surface area contributed by atoms with Gasteiger partial charge in [-0.3, -0.25) is 0 Å². The van der Waals surface area contributed by atoms with Crippen molar-refractivity contribution in [3.63, 3.8) is 0 Å². The van der Waals surface area contributed by atoms with Gasteiger partial charge in [-0.25, -0.2) is 27.8 Å². The Bertz CT molecular complexity index is 1870. The van der Waals surface area contributed by atoms with E-state index in [1.165, 1.54) is 24.7 Å². The van der Waals surface area contributed by atoms with E-state index in [0.717, 1.165) is 34.5 Å². The van der Waals surface area contributed by atoms with E-state index >= 15 is 0 Å². The van der Waals surface area contributed by atoms with Crippen molar-refractivity contribution in [3.05, 3.63) is 87.7 Å². The lowest BCUT2D eigenvalue weighted by Gasteiger charge is -2.13. The third-order valence-corrected chi connectivity index (χ3v) is 8.81. The van der Waals surface area contributed by atoms with Crippen molar-refractivity contribution in [2.24, 2.45) is 0 Å². The zero-order valence-electron chi connectivity index (χ0n) is 24.1. The number of halogens is 2. The van der Waals surface area contributed by atoms with Crippen molar-refractivity contribution in [2.75, 3.05) is 37.5 Å². The fourth-order valence-corrected chi connectivity index (χ4v) is 6.06. The first kappa shape index (κ1) is 31.6. The third kappa shape index (κ3) is 8.41. The van der Waals surface area contributed by atoms with Crippen molar-refractivity contribution in [2.45, 2.75) is 19.4 Å². The molecular formula is C31H31ClFN5O4S2. The molecule has 2 aromatic heterocycles. The summed E-state index contributed by atoms with van der Waals surface area (Å²) in [6.07, 6.45) is 4.32. The number of sulfone groups is 1. The van der Waals surface area contributed by atoms with Gasteiger partial charge >= 0.3 is 0 Å². The lowest BCUT2D eigenvalue weighted by molar-refractivity contribution is 0.306. The SMILES string of the molecule is COc1cc2ncnc(Nc3ccc(OCc4cccc(F)c4)c(Cl)c3)c2cc1-c1csc(CCCNCCS(C)(=O)=O)n1. The van der Waals surface area contributed by atoms with Crippen molar-refractivity contribution in [1.82, 2.24) is 20.3 Å². The van der Waals surface area contributed by atoms with E-state index in [4.69, 9.17) is 26.1 Å². The summed E-state index contributed by atoms with van der Waals surface area (Å²) in [4.78, 5) is 13.7. The molecule has 5 aromatic rings. The highest BCUT2D eigenvalue weighted by atomic mass is 35.5. The molecule has 13 heteroatoms. The second kappa shape index (κ2) is 14.3. The molecule has 44 heavy (non-hydrogen) atoms. The first-order valence-electron chi connectivity index (χ1n) is 13.8. The average Bonchev–Trinajstić information content (AvgIpc) is 3.46. The molecule has 0 saturated carbocycles. The van der Waals surface area contributed by atoms with Crippen molar-refractivity contribution >= 4 is 55.2 Å². The van der Waals surface area contributed by atoms with Gasteiger partial charge in [0.15, 0.2) is 0 Å². The van der Waals surface area contributed by atoms with E-state index in [1.807, 2.05) is 23.6 Å². The Labute approximate surface area is 264 Å². The van der Waals surface area contributed by atoms with E-state index in [9.17, 15) is 12.8 Å². The average molecular weight is 656 g/mol. The van der Waals surface area contributed by atoms with Crippen LogP contribution in [0.5, 0.6) is 11.5 Å². The largest absolute Gasteiger partial charge is 0.496 e. The van der Waals surface area contributed by atoms with Crippen LogP contribution in [0.1, 0.15) is 17.0 Å². The Hall–Kier alpha value is -3.84. The van der Waals surface area contributed by atoms with Crippen molar-refractivity contribution in [3.8, 4) is 22.8 Å². The van der Waals surface area contributed by atoms with Crippen LogP contribution >= 0.6 is 22.9 Å². The smallest absolute Gasteiger partial charge is 0.148 e. The molecule has 0 unspecified atom stereocenters. The third-order valence-electron chi connectivity index (χ3n) is 6.66. The monoisotopic (exact) mass is 655 g/mol. The van der Waals surface area contributed by atoms with Crippen LogP contribution < -0.4 is 20.1 Å². The number of hydrogen-bond donors (Lipinski definition) is 2. The molecule has 2 N–H and O–H groups in total. The molecule has 0 saturated heterocycles. The number of thiazole rings is 1. The van der Waals surface area contributed by atoms with E-state index in [2.05, 4.69) is 20.6 Å². The number of hydrogen-bond acceptors (Lipinski definition) is 10. The molecular weight excluding hydrogens is 625 g/mol. The predicted molar refractivity (Wildman–Crippen MR) is 174 cm³/mol. The van der Waals surface area contributed by atoms with Crippen LogP contribution in [0.15, 0.2) is 66.3 Å². The number of aromatic nitrogens is 3. The topological polar surface area (TPSA) is 115 Å². The lowest BCUT2D eigenvalue weighted by atomic mass is 10.1. The van der Waals surface area contributed by atoms with Gasteiger partial charge in [0, 0.05) is 47.3 Å². The predicted octanol–water partition coefficient (Wildman–Crippen LogP) is 6.44. The van der Waals surface area contributed by atoms with Crippen LogP contribution in [-0.4, -0.2) is 55.6 Å². The number of aryl methyl sites for hydroxylation is 1. The van der Waals surface area contributed by atoms with Crippen LogP contribution in [-0.2, 0) is 22.9 Å². The maximum absolute atomic E-state index is 13.5. The van der Waals surface area contributed by atoms with Crippen LogP contribution in [0.2, 0.25) is 5.02 Å². The Morgan fingerprint density at radius 1 is 1.05 bits per heavy atom. The molecule has 0 bridgehead atoms. The standard InChI is InChI=1S/C31H31ClFN5O4S2/c1-41-29-16-26-24(15-23(29)27-18-43-30(38-27)7-4-10-34-11-12-44(2,39)40)31(36-19-35-26)37-22-8-9-28(25(32)14-22)42-17-20-5-3-6-21(33)13-20/h3,5-6,8-9,13-16,18-19,34H,4,7,10-12,17H2,1-2H3,(H,35,36,37). The molecule has 230 valence electrons. The second-order valence-corrected chi connectivity index (χ2v) is 13.7. The van der Waals surface area contributed by atoms with Gasteiger partial charge in [0.25, 0.3) is 0 Å². The highest BCUT2D eigenvalue weighted by molar-refractivity contribution is 7.90. The Morgan fingerprint density at radius 2 is 1.91 bits per heavy atom. The van der Waals surface area contributed by atoms with Gasteiger partial charge < -0.3 is 20.1 Å². The number of anilines is 2. The molecule has 0 aliphatic heterocycles.